The molecule has 0 radical (unpaired) electrons. The first-order chi connectivity index (χ1) is 9.56. The summed E-state index contributed by atoms with van der Waals surface area (Å²) in [7, 11) is 0. The molecule has 5 nitrogen and oxygen atoms in total. The van der Waals surface area contributed by atoms with E-state index in [1.807, 2.05) is 0 Å². The van der Waals surface area contributed by atoms with Crippen LogP contribution in [0.1, 0.15) is 39.5 Å². The molecular weight excluding hydrogens is 252 g/mol. The minimum atomic E-state index is -0.228. The Kier molecular flexibility index (Phi) is 5.81. The summed E-state index contributed by atoms with van der Waals surface area (Å²) >= 11 is 0. The van der Waals surface area contributed by atoms with E-state index < -0.39 is 0 Å². The van der Waals surface area contributed by atoms with Gasteiger partial charge in [0.1, 0.15) is 0 Å². The normalized spacial score (nSPS) is 26.4. The van der Waals surface area contributed by atoms with E-state index >= 15 is 0 Å². The van der Waals surface area contributed by atoms with E-state index in [0.717, 1.165) is 32.1 Å². The quantitative estimate of drug-likeness (QED) is 0.709. The van der Waals surface area contributed by atoms with Crippen molar-refractivity contribution in [1.82, 2.24) is 15.1 Å². The molecule has 0 aromatic heterocycles. The van der Waals surface area contributed by atoms with Crippen LogP contribution in [0.3, 0.4) is 0 Å². The third kappa shape index (κ3) is 4.43. The van der Waals surface area contributed by atoms with Crippen molar-refractivity contribution in [2.24, 2.45) is 5.73 Å². The Balaban J connectivity index is 1.72. The van der Waals surface area contributed by atoms with Crippen LogP contribution in [0.25, 0.3) is 0 Å². The summed E-state index contributed by atoms with van der Waals surface area (Å²) in [4.78, 5) is 16.6. The van der Waals surface area contributed by atoms with Crippen molar-refractivity contribution in [3.63, 3.8) is 0 Å². The first-order valence-corrected chi connectivity index (χ1v) is 8.08. The second-order valence-corrected chi connectivity index (χ2v) is 6.55. The molecule has 0 spiro atoms. The van der Waals surface area contributed by atoms with E-state index in [0.29, 0.717) is 6.04 Å². The number of nitrogens with zero attached hydrogens (tertiary/aromatic N) is 2. The third-order valence-corrected chi connectivity index (χ3v) is 4.52. The van der Waals surface area contributed by atoms with E-state index in [1.54, 1.807) is 0 Å². The number of amides is 1. The molecule has 0 aromatic carbocycles. The molecule has 20 heavy (non-hydrogen) atoms. The summed E-state index contributed by atoms with van der Waals surface area (Å²) in [5.41, 5.74) is 5.47. The van der Waals surface area contributed by atoms with Gasteiger partial charge in [0.2, 0.25) is 5.91 Å². The van der Waals surface area contributed by atoms with Crippen molar-refractivity contribution >= 4 is 5.91 Å². The fourth-order valence-electron chi connectivity index (χ4n) is 3.44. The van der Waals surface area contributed by atoms with Crippen molar-refractivity contribution in [2.45, 2.75) is 57.7 Å². The molecule has 1 amide bonds. The summed E-state index contributed by atoms with van der Waals surface area (Å²) in [6, 6.07) is 0.840. The largest absolute Gasteiger partial charge is 0.368 e. The van der Waals surface area contributed by atoms with Crippen molar-refractivity contribution < 1.29 is 4.79 Å². The second-order valence-electron chi connectivity index (χ2n) is 6.55. The van der Waals surface area contributed by atoms with Crippen LogP contribution in [0.15, 0.2) is 0 Å². The van der Waals surface area contributed by atoms with Gasteiger partial charge in [-0.2, -0.15) is 0 Å². The molecule has 2 unspecified atom stereocenters. The van der Waals surface area contributed by atoms with Crippen molar-refractivity contribution in [1.29, 1.82) is 0 Å². The monoisotopic (exact) mass is 282 g/mol. The van der Waals surface area contributed by atoms with E-state index in [4.69, 9.17) is 5.73 Å². The van der Waals surface area contributed by atoms with Crippen LogP contribution in [0.5, 0.6) is 0 Å². The van der Waals surface area contributed by atoms with E-state index in [1.165, 1.54) is 32.4 Å². The van der Waals surface area contributed by atoms with E-state index in [9.17, 15) is 4.79 Å². The summed E-state index contributed by atoms with van der Waals surface area (Å²) in [6.45, 7) is 9.94. The fraction of sp³-hybridized carbons (Fsp3) is 0.933. The average Bonchev–Trinajstić information content (AvgIpc) is 3.03. The van der Waals surface area contributed by atoms with Crippen LogP contribution in [-0.4, -0.2) is 66.6 Å². The highest BCUT2D eigenvalue weighted by Crippen LogP contribution is 2.20. The highest BCUT2D eigenvalue weighted by Gasteiger charge is 2.29. The van der Waals surface area contributed by atoms with Crippen LogP contribution >= 0.6 is 0 Å². The lowest BCUT2D eigenvalue weighted by Gasteiger charge is -2.25. The molecule has 0 aromatic rings. The maximum Gasteiger partial charge on any atom is 0.234 e. The van der Waals surface area contributed by atoms with Crippen molar-refractivity contribution in [3.8, 4) is 0 Å². The lowest BCUT2D eigenvalue weighted by atomic mass is 10.1. The van der Waals surface area contributed by atoms with Crippen LogP contribution in [0, 0.1) is 0 Å². The van der Waals surface area contributed by atoms with Crippen LogP contribution in [0.4, 0.5) is 0 Å². The molecule has 5 heteroatoms. The highest BCUT2D eigenvalue weighted by molar-refractivity contribution is 5.79. The molecule has 2 saturated heterocycles. The van der Waals surface area contributed by atoms with Gasteiger partial charge in [0.05, 0.1) is 6.04 Å². The molecule has 2 rings (SSSR count). The van der Waals surface area contributed by atoms with Gasteiger partial charge in [-0.3, -0.25) is 9.69 Å². The Morgan fingerprint density at radius 2 is 2.00 bits per heavy atom. The topological polar surface area (TPSA) is 61.6 Å². The van der Waals surface area contributed by atoms with Gasteiger partial charge >= 0.3 is 0 Å². The molecule has 0 bridgehead atoms. The second kappa shape index (κ2) is 7.38. The summed E-state index contributed by atoms with van der Waals surface area (Å²) < 4.78 is 0. The molecule has 116 valence electrons. The molecule has 0 aliphatic carbocycles. The zero-order valence-electron chi connectivity index (χ0n) is 13.0. The summed E-state index contributed by atoms with van der Waals surface area (Å²) in [6.07, 6.45) is 4.82. The maximum atomic E-state index is 11.4. The van der Waals surface area contributed by atoms with Gasteiger partial charge in [-0.25, -0.2) is 0 Å². The number of nitrogens with one attached hydrogen (secondary N) is 1. The molecule has 2 fully saturated rings. The van der Waals surface area contributed by atoms with Gasteiger partial charge in [-0.05, 0) is 45.3 Å². The van der Waals surface area contributed by atoms with Crippen molar-refractivity contribution in [3.05, 3.63) is 0 Å². The number of primary amides is 1. The smallest absolute Gasteiger partial charge is 0.234 e. The first kappa shape index (κ1) is 15.7. The Labute approximate surface area is 122 Å². The number of rotatable bonds is 7. The van der Waals surface area contributed by atoms with Crippen LogP contribution in [-0.2, 0) is 4.79 Å². The number of carbonyl (C=O) groups is 1. The first-order valence-electron chi connectivity index (χ1n) is 8.08. The Morgan fingerprint density at radius 3 is 2.60 bits per heavy atom. The van der Waals surface area contributed by atoms with Gasteiger partial charge in [0.15, 0.2) is 0 Å². The van der Waals surface area contributed by atoms with Gasteiger partial charge in [0, 0.05) is 25.2 Å². The number of hydrogen-bond donors (Lipinski definition) is 2. The summed E-state index contributed by atoms with van der Waals surface area (Å²) in [5.74, 6) is -0.228. The van der Waals surface area contributed by atoms with E-state index in [-0.39, 0.29) is 11.9 Å². The maximum absolute atomic E-state index is 11.4. The zero-order chi connectivity index (χ0) is 14.5. The standard InChI is InChI=1S/C15H30N4O/c1-12(2)17-14(15(16)20)6-10-18-9-5-13(11-18)19-7-3-4-8-19/h12-14,17H,3-11H2,1-2H3,(H2,16,20). The fourth-order valence-corrected chi connectivity index (χ4v) is 3.44. The molecule has 3 N–H and O–H groups in total. The minimum absolute atomic E-state index is 0.194. The Bertz CT molecular complexity index is 315. The predicted molar refractivity (Wildman–Crippen MR) is 81.5 cm³/mol. The average molecular weight is 282 g/mol. The Hall–Kier alpha value is -0.650. The van der Waals surface area contributed by atoms with E-state index in [2.05, 4.69) is 29.0 Å². The molecule has 2 aliphatic rings. The molecule has 0 saturated carbocycles. The lowest BCUT2D eigenvalue weighted by Crippen LogP contribution is -2.46. The van der Waals surface area contributed by atoms with Gasteiger partial charge in [-0.1, -0.05) is 13.8 Å². The number of carbonyl (C=O) groups excluding carboxylic acids is 1. The third-order valence-electron chi connectivity index (χ3n) is 4.52. The highest BCUT2D eigenvalue weighted by atomic mass is 16.1. The number of likely N-dealkylation sites (tertiary alicyclic amines) is 2. The predicted octanol–water partition coefficient (Wildman–Crippen LogP) is 0.399. The summed E-state index contributed by atoms with van der Waals surface area (Å²) in [5, 5.41) is 3.26. The number of hydrogen-bond acceptors (Lipinski definition) is 4. The lowest BCUT2D eigenvalue weighted by molar-refractivity contribution is -0.120. The molecule has 2 heterocycles. The zero-order valence-corrected chi connectivity index (χ0v) is 13.0. The SMILES string of the molecule is CC(C)NC(CCN1CCC(N2CCCC2)C1)C(N)=O. The number of nitrogens with two attached hydrogens (primary N) is 1. The van der Waals surface area contributed by atoms with Gasteiger partial charge < -0.3 is 16.0 Å². The van der Waals surface area contributed by atoms with Gasteiger partial charge in [-0.15, -0.1) is 0 Å². The minimum Gasteiger partial charge on any atom is -0.368 e. The molecule has 2 aliphatic heterocycles. The van der Waals surface area contributed by atoms with Crippen LogP contribution < -0.4 is 11.1 Å². The van der Waals surface area contributed by atoms with Gasteiger partial charge in [0.25, 0.3) is 0 Å². The van der Waals surface area contributed by atoms with Crippen LogP contribution in [0.2, 0.25) is 0 Å². The van der Waals surface area contributed by atoms with Crippen molar-refractivity contribution in [2.75, 3.05) is 32.7 Å². The molecular formula is C15H30N4O. The Morgan fingerprint density at radius 1 is 1.30 bits per heavy atom. The molecule has 2 atom stereocenters.